The number of ether oxygens (including phenoxy) is 2. The number of primary amides is 2. The minimum atomic E-state index is -0.572. The normalized spacial score (nSPS) is 10.5. The Morgan fingerprint density at radius 3 is 1.60 bits per heavy atom. The van der Waals surface area contributed by atoms with Crippen LogP contribution in [0.4, 0.5) is 0 Å². The fraction of sp³-hybridized carbons (Fsp3) is 0.146. The fourth-order valence-electron chi connectivity index (χ4n) is 5.07. The number of pyridine rings is 3. The Morgan fingerprint density at radius 1 is 0.604 bits per heavy atom. The van der Waals surface area contributed by atoms with Crippen molar-refractivity contribution in [3.63, 3.8) is 0 Å². The van der Waals surface area contributed by atoms with E-state index in [9.17, 15) is 9.59 Å². The molecule has 2 amide bonds. The first-order valence-electron chi connectivity index (χ1n) is 16.9. The molecular weight excluding hydrogens is 690 g/mol. The molecule has 0 aliphatic carbocycles. The summed E-state index contributed by atoms with van der Waals surface area (Å²) < 4.78 is 11.5. The molecule has 0 bridgehead atoms. The molecule has 6 rings (SSSR count). The van der Waals surface area contributed by atoms with Crippen LogP contribution in [0.3, 0.4) is 0 Å². The third-order valence-electron chi connectivity index (χ3n) is 7.87. The number of nitrogens with zero attached hydrogens (tertiary/aromatic N) is 3. The maximum atomic E-state index is 11.4. The van der Waals surface area contributed by atoms with Gasteiger partial charge in [-0.1, -0.05) is 60.1 Å². The first-order valence-corrected chi connectivity index (χ1v) is 17.3. The van der Waals surface area contributed by atoms with Crippen molar-refractivity contribution in [2.45, 2.75) is 25.9 Å². The van der Waals surface area contributed by atoms with Gasteiger partial charge in [-0.05, 0) is 84.3 Å². The second-order valence-corrected chi connectivity index (χ2v) is 12.1. The highest BCUT2D eigenvalue weighted by Gasteiger charge is 2.11. The molecule has 0 unspecified atom stereocenters. The molecule has 11 nitrogen and oxygen atoms in total. The van der Waals surface area contributed by atoms with E-state index in [1.807, 2.05) is 91.0 Å². The molecular formula is C41H40ClN7O4. The summed E-state index contributed by atoms with van der Waals surface area (Å²) in [6.45, 7) is 3.19. The lowest BCUT2D eigenvalue weighted by Crippen LogP contribution is -2.17. The van der Waals surface area contributed by atoms with Gasteiger partial charge in [0, 0.05) is 67.8 Å². The summed E-state index contributed by atoms with van der Waals surface area (Å²) in [5, 5.41) is 7.59. The maximum absolute atomic E-state index is 11.4. The Kier molecular flexibility index (Phi) is 14.4. The number of amides is 2. The van der Waals surface area contributed by atoms with E-state index in [2.05, 4.69) is 25.6 Å². The van der Waals surface area contributed by atoms with Gasteiger partial charge in [0.1, 0.15) is 34.1 Å². The number of nitrogens with two attached hydrogens (primary N) is 2. The standard InChI is InChI=1S/C21H20ClN3O2.C20H20N4O2/c22-19-4-2-1-3-16(19)9-11-24-13-15-5-7-17(8-6-15)27-20-10-12-25-14-18(20)21(23)26;21-20(25)18-14-23-12-9-19(18)26-17-6-4-15(5-7-17)13-22-11-8-16-3-1-2-10-24-16/h1-8,10,12,14,24H,9,11,13H2,(H2,23,26);1-7,9-10,12,14,22H,8,11,13H2,(H2,21,25). The van der Waals surface area contributed by atoms with Crippen LogP contribution in [0.25, 0.3) is 0 Å². The van der Waals surface area contributed by atoms with E-state index in [0.717, 1.165) is 66.4 Å². The van der Waals surface area contributed by atoms with Gasteiger partial charge in [-0.25, -0.2) is 0 Å². The van der Waals surface area contributed by atoms with Gasteiger partial charge in [0.2, 0.25) is 0 Å². The van der Waals surface area contributed by atoms with Gasteiger partial charge in [-0.15, -0.1) is 0 Å². The molecule has 3 aromatic heterocycles. The van der Waals surface area contributed by atoms with Gasteiger partial charge in [0.25, 0.3) is 11.8 Å². The van der Waals surface area contributed by atoms with Crippen LogP contribution in [0.5, 0.6) is 23.0 Å². The summed E-state index contributed by atoms with van der Waals surface area (Å²) in [4.78, 5) is 34.9. The van der Waals surface area contributed by atoms with E-state index in [4.69, 9.17) is 32.5 Å². The van der Waals surface area contributed by atoms with Gasteiger partial charge in [-0.3, -0.25) is 24.5 Å². The molecule has 270 valence electrons. The van der Waals surface area contributed by atoms with Gasteiger partial charge in [-0.2, -0.15) is 0 Å². The number of hydrogen-bond donors (Lipinski definition) is 4. The smallest absolute Gasteiger partial charge is 0.254 e. The molecule has 0 saturated carbocycles. The summed E-state index contributed by atoms with van der Waals surface area (Å²) in [6.07, 6.45) is 9.48. The number of hydrogen-bond acceptors (Lipinski definition) is 9. The Labute approximate surface area is 313 Å². The molecule has 0 fully saturated rings. The lowest BCUT2D eigenvalue weighted by atomic mass is 10.1. The number of carbonyl (C=O) groups excluding carboxylic acids is 2. The number of rotatable bonds is 16. The van der Waals surface area contributed by atoms with Crippen LogP contribution in [0, 0.1) is 0 Å². The number of nitrogens with one attached hydrogen (secondary N) is 2. The van der Waals surface area contributed by atoms with Crippen molar-refractivity contribution in [2.75, 3.05) is 13.1 Å². The summed E-state index contributed by atoms with van der Waals surface area (Å²) in [5.74, 6) is 0.913. The lowest BCUT2D eigenvalue weighted by molar-refractivity contribution is 0.0989. The maximum Gasteiger partial charge on any atom is 0.254 e. The SMILES string of the molecule is NC(=O)c1cnccc1Oc1ccc(CNCCc2ccccc2Cl)cc1.NC(=O)c1cnccc1Oc1ccc(CNCCc2ccccn2)cc1. The van der Waals surface area contributed by atoms with Gasteiger partial charge < -0.3 is 31.6 Å². The van der Waals surface area contributed by atoms with Gasteiger partial charge in [0.15, 0.2) is 0 Å². The van der Waals surface area contributed by atoms with Crippen LogP contribution in [-0.2, 0) is 25.9 Å². The molecule has 0 saturated heterocycles. The van der Waals surface area contributed by atoms with Crippen molar-refractivity contribution in [2.24, 2.45) is 11.5 Å². The van der Waals surface area contributed by atoms with E-state index in [1.54, 1.807) is 30.7 Å². The zero-order valence-electron chi connectivity index (χ0n) is 29.0. The zero-order chi connectivity index (χ0) is 37.3. The zero-order valence-corrected chi connectivity index (χ0v) is 29.7. The van der Waals surface area contributed by atoms with Gasteiger partial charge in [0.05, 0.1) is 0 Å². The van der Waals surface area contributed by atoms with E-state index in [1.165, 1.54) is 12.4 Å². The Hall–Kier alpha value is -6.14. The molecule has 6 aromatic rings. The summed E-state index contributed by atoms with van der Waals surface area (Å²) in [6, 6.07) is 32.4. The third kappa shape index (κ3) is 12.3. The highest BCUT2D eigenvalue weighted by Crippen LogP contribution is 2.26. The first-order chi connectivity index (χ1) is 25.9. The van der Waals surface area contributed by atoms with E-state index >= 15 is 0 Å². The molecule has 0 aliphatic rings. The second kappa shape index (κ2) is 20.0. The molecule has 53 heavy (non-hydrogen) atoms. The average molecular weight is 730 g/mol. The molecule has 6 N–H and O–H groups in total. The number of benzene rings is 3. The fourth-order valence-corrected chi connectivity index (χ4v) is 5.30. The molecule has 0 aliphatic heterocycles. The largest absolute Gasteiger partial charge is 0.456 e. The first kappa shape index (κ1) is 38.1. The summed E-state index contributed by atoms with van der Waals surface area (Å²) in [5.41, 5.74) is 15.7. The molecule has 0 radical (unpaired) electrons. The minimum absolute atomic E-state index is 0.253. The topological polar surface area (TPSA) is 167 Å². The average Bonchev–Trinajstić information content (AvgIpc) is 3.18. The number of carbonyl (C=O) groups is 2. The molecule has 3 aromatic carbocycles. The summed E-state index contributed by atoms with van der Waals surface area (Å²) >= 11 is 6.16. The quantitative estimate of drug-likeness (QED) is 0.0797. The monoisotopic (exact) mass is 729 g/mol. The van der Waals surface area contributed by atoms with Crippen molar-refractivity contribution >= 4 is 23.4 Å². The second-order valence-electron chi connectivity index (χ2n) is 11.7. The van der Waals surface area contributed by atoms with Crippen molar-refractivity contribution in [1.82, 2.24) is 25.6 Å². The Balaban J connectivity index is 0.000000204. The Morgan fingerprint density at radius 2 is 1.11 bits per heavy atom. The number of aromatic nitrogens is 3. The predicted molar refractivity (Wildman–Crippen MR) is 205 cm³/mol. The van der Waals surface area contributed by atoms with E-state index in [-0.39, 0.29) is 11.1 Å². The van der Waals surface area contributed by atoms with Crippen LogP contribution >= 0.6 is 11.6 Å². The Bertz CT molecular complexity index is 2060. The van der Waals surface area contributed by atoms with Crippen molar-refractivity contribution in [3.05, 3.63) is 173 Å². The molecule has 0 spiro atoms. The van der Waals surface area contributed by atoms with Gasteiger partial charge >= 0.3 is 0 Å². The highest BCUT2D eigenvalue weighted by atomic mass is 35.5. The van der Waals surface area contributed by atoms with Crippen LogP contribution in [0.2, 0.25) is 5.02 Å². The molecule has 0 atom stereocenters. The predicted octanol–water partition coefficient (Wildman–Crippen LogP) is 6.66. The lowest BCUT2D eigenvalue weighted by Gasteiger charge is -2.10. The molecule has 3 heterocycles. The van der Waals surface area contributed by atoms with E-state index in [0.29, 0.717) is 23.0 Å². The highest BCUT2D eigenvalue weighted by molar-refractivity contribution is 6.31. The van der Waals surface area contributed by atoms with Crippen LogP contribution < -0.4 is 31.6 Å². The minimum Gasteiger partial charge on any atom is -0.456 e. The van der Waals surface area contributed by atoms with Crippen LogP contribution in [0.1, 0.15) is 43.1 Å². The van der Waals surface area contributed by atoms with Crippen molar-refractivity contribution in [3.8, 4) is 23.0 Å². The number of halogens is 1. The van der Waals surface area contributed by atoms with Crippen molar-refractivity contribution < 1.29 is 19.1 Å². The van der Waals surface area contributed by atoms with Crippen molar-refractivity contribution in [1.29, 1.82) is 0 Å². The summed E-state index contributed by atoms with van der Waals surface area (Å²) in [7, 11) is 0. The van der Waals surface area contributed by atoms with Crippen LogP contribution in [-0.4, -0.2) is 39.9 Å². The third-order valence-corrected chi connectivity index (χ3v) is 8.24. The van der Waals surface area contributed by atoms with Crippen LogP contribution in [0.15, 0.2) is 134 Å². The van der Waals surface area contributed by atoms with E-state index < -0.39 is 11.8 Å². The molecule has 12 heteroatoms.